The molecule has 2 aromatic rings. The van der Waals surface area contributed by atoms with Crippen LogP contribution < -0.4 is 0 Å². The molecule has 0 saturated heterocycles. The van der Waals surface area contributed by atoms with Crippen LogP contribution in [-0.4, -0.2) is 15.6 Å². The minimum Gasteiger partial charge on any atom is -0.293 e. The number of nitro benzene ring substituents is 1. The zero-order valence-corrected chi connectivity index (χ0v) is 13.5. The minimum atomic E-state index is -0.863. The first kappa shape index (κ1) is 14.8. The number of allylic oxidation sites excluding steroid dienone is 4. The zero-order chi connectivity index (χ0) is 16.7. The number of Topliss-reactive ketones (excluding diaryl/α,β-unsaturated/α-hetero) is 1. The van der Waals surface area contributed by atoms with Gasteiger partial charge < -0.3 is 0 Å². The molecule has 2 aliphatic rings. The molecule has 0 N–H and O–H groups in total. The Morgan fingerprint density at radius 1 is 1.04 bits per heavy atom. The number of nitrogens with zero attached hydrogens (tertiary/aromatic N) is 1. The van der Waals surface area contributed by atoms with E-state index in [1.807, 2.05) is 42.5 Å². The Morgan fingerprint density at radius 2 is 1.83 bits per heavy atom. The highest BCUT2D eigenvalue weighted by Gasteiger charge is 2.38. The average Bonchev–Trinajstić information content (AvgIpc) is 2.62. The Labute approximate surface area is 141 Å². The van der Waals surface area contributed by atoms with Crippen LogP contribution in [0.5, 0.6) is 0 Å². The summed E-state index contributed by atoms with van der Waals surface area (Å²) in [6, 6.07) is 14.7. The summed E-state index contributed by atoms with van der Waals surface area (Å²) < 4.78 is 0. The molecule has 0 amide bonds. The van der Waals surface area contributed by atoms with Gasteiger partial charge in [0.25, 0.3) is 5.69 Å². The van der Waals surface area contributed by atoms with E-state index in [-0.39, 0.29) is 17.4 Å². The summed E-state index contributed by atoms with van der Waals surface area (Å²) in [7, 11) is -0.863. The van der Waals surface area contributed by atoms with Gasteiger partial charge >= 0.3 is 0 Å². The molecule has 4 rings (SSSR count). The largest absolute Gasteiger partial charge is 0.293 e. The van der Waals surface area contributed by atoms with Gasteiger partial charge in [0.15, 0.2) is 5.78 Å². The van der Waals surface area contributed by atoms with Crippen molar-refractivity contribution in [3.63, 3.8) is 0 Å². The summed E-state index contributed by atoms with van der Waals surface area (Å²) in [4.78, 5) is 26.7. The lowest BCUT2D eigenvalue weighted by molar-refractivity contribution is -0.384. The number of hydrogen-bond acceptors (Lipinski definition) is 3. The molecule has 0 saturated carbocycles. The van der Waals surface area contributed by atoms with E-state index in [0.29, 0.717) is 5.56 Å². The van der Waals surface area contributed by atoms with Crippen molar-refractivity contribution < 1.29 is 9.72 Å². The number of carbonyl (C=O) groups excluding carboxylic acids is 1. The van der Waals surface area contributed by atoms with Crippen LogP contribution in [0.15, 0.2) is 82.6 Å². The van der Waals surface area contributed by atoms with E-state index in [0.717, 1.165) is 14.7 Å². The molecule has 0 bridgehead atoms. The fraction of sp³-hybridized carbons (Fsp3) is 0.0526. The number of hydrogen-bond donors (Lipinski definition) is 0. The number of benzene rings is 2. The van der Waals surface area contributed by atoms with Gasteiger partial charge in [-0.05, 0) is 24.3 Å². The monoisotopic (exact) mass is 336 g/mol. The number of fused-ring (bicyclic) bond motifs is 2. The first-order chi connectivity index (χ1) is 11.7. The van der Waals surface area contributed by atoms with Crippen molar-refractivity contribution in [3.8, 4) is 0 Å². The molecule has 2 aromatic carbocycles. The van der Waals surface area contributed by atoms with E-state index in [2.05, 4.69) is 12.1 Å². The molecule has 5 heteroatoms. The van der Waals surface area contributed by atoms with Gasteiger partial charge in [-0.3, -0.25) is 14.9 Å². The van der Waals surface area contributed by atoms with Gasteiger partial charge in [-0.1, -0.05) is 46.9 Å². The van der Waals surface area contributed by atoms with Gasteiger partial charge in [0.05, 0.1) is 10.5 Å². The fourth-order valence-electron chi connectivity index (χ4n) is 3.17. The predicted octanol–water partition coefficient (Wildman–Crippen LogP) is 3.47. The van der Waals surface area contributed by atoms with Crippen LogP contribution in [0.4, 0.5) is 5.69 Å². The van der Waals surface area contributed by atoms with Crippen LogP contribution in [-0.2, 0) is 10.5 Å². The Hall–Kier alpha value is -2.79. The molecule has 118 valence electrons. The molecule has 2 atom stereocenters. The third kappa shape index (κ3) is 2.25. The second-order valence-electron chi connectivity index (χ2n) is 5.64. The lowest BCUT2D eigenvalue weighted by Gasteiger charge is -2.23. The Morgan fingerprint density at radius 3 is 2.58 bits per heavy atom. The molecule has 4 nitrogen and oxygen atoms in total. The SMILES string of the molecule is O=C1c2cc([N+](=O)[O-])ccc2[SH+](c2ccccc2)=C2C=CC=CC12. The summed E-state index contributed by atoms with van der Waals surface area (Å²) in [6.07, 6.45) is 7.73. The minimum absolute atomic E-state index is 0.0381. The van der Waals surface area contributed by atoms with Crippen LogP contribution in [0.1, 0.15) is 10.4 Å². The first-order valence-electron chi connectivity index (χ1n) is 7.56. The summed E-state index contributed by atoms with van der Waals surface area (Å²) >= 11 is 0. The first-order valence-corrected chi connectivity index (χ1v) is 8.90. The lowest BCUT2D eigenvalue weighted by atomic mass is 9.91. The smallest absolute Gasteiger partial charge is 0.270 e. The van der Waals surface area contributed by atoms with Crippen LogP contribution in [0.2, 0.25) is 0 Å². The highest BCUT2D eigenvalue weighted by atomic mass is 32.2. The second-order valence-corrected chi connectivity index (χ2v) is 7.83. The lowest BCUT2D eigenvalue weighted by Crippen LogP contribution is -2.31. The van der Waals surface area contributed by atoms with Gasteiger partial charge in [-0.25, -0.2) is 0 Å². The third-order valence-corrected chi connectivity index (χ3v) is 6.88. The van der Waals surface area contributed by atoms with Crippen LogP contribution in [0.25, 0.3) is 0 Å². The number of nitro groups is 1. The van der Waals surface area contributed by atoms with Gasteiger partial charge in [-0.2, -0.15) is 0 Å². The van der Waals surface area contributed by atoms with Gasteiger partial charge in [0, 0.05) is 12.1 Å². The summed E-state index contributed by atoms with van der Waals surface area (Å²) in [5.74, 6) is -0.380. The molecule has 0 fully saturated rings. The molecule has 2 unspecified atom stereocenters. The standard InChI is InChI=1S/C19H13NO3S/c21-19-15-8-4-5-9-17(15)24(14-6-2-1-3-7-14)18-11-10-13(20(22)23)12-16(18)19/h1-12,15H/p+1. The van der Waals surface area contributed by atoms with Crippen LogP contribution in [0, 0.1) is 16.0 Å². The molecule has 1 aliphatic carbocycles. The molecule has 24 heavy (non-hydrogen) atoms. The molecule has 0 spiro atoms. The van der Waals surface area contributed by atoms with Gasteiger partial charge in [-0.15, -0.1) is 0 Å². The maximum Gasteiger partial charge on any atom is 0.270 e. The second kappa shape index (κ2) is 5.69. The van der Waals surface area contributed by atoms with Crippen molar-refractivity contribution in [1.82, 2.24) is 0 Å². The van der Waals surface area contributed by atoms with Crippen molar-refractivity contribution in [2.75, 3.05) is 0 Å². The Bertz CT molecular complexity index is 958. The number of carbonyl (C=O) groups is 1. The van der Waals surface area contributed by atoms with E-state index < -0.39 is 15.4 Å². The van der Waals surface area contributed by atoms with Crippen molar-refractivity contribution >= 4 is 26.8 Å². The van der Waals surface area contributed by atoms with Crippen LogP contribution in [0.3, 0.4) is 0 Å². The van der Waals surface area contributed by atoms with Crippen molar-refractivity contribution in [2.24, 2.45) is 5.92 Å². The molecule has 1 aliphatic heterocycles. The molecule has 1 heterocycles. The maximum absolute atomic E-state index is 12.9. The number of ketones is 1. The van der Waals surface area contributed by atoms with E-state index in [1.54, 1.807) is 6.07 Å². The molecule has 0 radical (unpaired) electrons. The van der Waals surface area contributed by atoms with Crippen molar-refractivity contribution in [1.29, 1.82) is 0 Å². The van der Waals surface area contributed by atoms with Gasteiger partial charge in [0.1, 0.15) is 20.6 Å². The summed E-state index contributed by atoms with van der Waals surface area (Å²) in [5, 5.41) is 11.1. The van der Waals surface area contributed by atoms with Gasteiger partial charge in [0.2, 0.25) is 0 Å². The fourth-order valence-corrected chi connectivity index (χ4v) is 5.85. The van der Waals surface area contributed by atoms with E-state index in [9.17, 15) is 14.9 Å². The maximum atomic E-state index is 12.9. The average molecular weight is 336 g/mol. The van der Waals surface area contributed by atoms with Crippen LogP contribution >= 0.6 is 0 Å². The van der Waals surface area contributed by atoms with Crippen molar-refractivity contribution in [2.45, 2.75) is 9.79 Å². The number of rotatable bonds is 2. The zero-order valence-electron chi connectivity index (χ0n) is 12.6. The molecular formula is C19H14NO3S+. The Kier molecular flexibility index (Phi) is 3.50. The number of thiol groups is 1. The molecular weight excluding hydrogens is 322 g/mol. The number of non-ortho nitro benzene ring substituents is 1. The summed E-state index contributed by atoms with van der Waals surface area (Å²) in [6.45, 7) is 0. The topological polar surface area (TPSA) is 60.2 Å². The predicted molar refractivity (Wildman–Crippen MR) is 95.9 cm³/mol. The van der Waals surface area contributed by atoms with Crippen molar-refractivity contribution in [3.05, 3.63) is 88.5 Å². The quantitative estimate of drug-likeness (QED) is 0.277. The summed E-state index contributed by atoms with van der Waals surface area (Å²) in [5.41, 5.74) is 0.441. The van der Waals surface area contributed by atoms with E-state index in [1.165, 1.54) is 12.1 Å². The molecule has 0 aromatic heterocycles. The highest BCUT2D eigenvalue weighted by Crippen LogP contribution is 2.34. The Balaban J connectivity index is 2.03. The normalized spacial score (nSPS) is 21.3. The van der Waals surface area contributed by atoms with E-state index >= 15 is 0 Å². The third-order valence-electron chi connectivity index (χ3n) is 4.25. The van der Waals surface area contributed by atoms with E-state index in [4.69, 9.17) is 0 Å². The highest BCUT2D eigenvalue weighted by molar-refractivity contribution is 7.97.